The highest BCUT2D eigenvalue weighted by Crippen LogP contribution is 2.43. The molecule has 0 unspecified atom stereocenters. The average molecular weight is 422 g/mol. The Morgan fingerprint density at radius 3 is 2.67 bits per heavy atom. The Kier molecular flexibility index (Phi) is 4.66. The van der Waals surface area contributed by atoms with Crippen molar-refractivity contribution in [2.45, 2.75) is 20.3 Å². The van der Waals surface area contributed by atoms with Gasteiger partial charge in [-0.1, -0.05) is 34.8 Å². The molecule has 27 heavy (non-hydrogen) atoms. The number of benzene rings is 2. The van der Waals surface area contributed by atoms with Crippen molar-refractivity contribution in [1.82, 2.24) is 9.78 Å². The topological polar surface area (TPSA) is 44.1 Å². The lowest BCUT2D eigenvalue weighted by Gasteiger charge is -2.11. The molecule has 0 N–H and O–H groups in total. The Balaban J connectivity index is 1.99. The minimum absolute atomic E-state index is 0.278. The number of rotatable bonds is 3. The van der Waals surface area contributed by atoms with Crippen LogP contribution in [0.3, 0.4) is 0 Å². The number of fused-ring (bicyclic) bond motifs is 3. The maximum absolute atomic E-state index is 12.5. The summed E-state index contributed by atoms with van der Waals surface area (Å²) in [5, 5.41) is 6.21. The van der Waals surface area contributed by atoms with Gasteiger partial charge in [-0.15, -0.1) is 0 Å². The van der Waals surface area contributed by atoms with Gasteiger partial charge in [0.2, 0.25) is 0 Å². The summed E-state index contributed by atoms with van der Waals surface area (Å²) in [6.45, 7) is 3.99. The van der Waals surface area contributed by atoms with Gasteiger partial charge in [0.1, 0.15) is 0 Å². The maximum atomic E-state index is 12.5. The molecule has 0 fully saturated rings. The van der Waals surface area contributed by atoms with Crippen molar-refractivity contribution in [3.63, 3.8) is 0 Å². The van der Waals surface area contributed by atoms with Crippen molar-refractivity contribution in [3.05, 3.63) is 67.8 Å². The quantitative estimate of drug-likeness (QED) is 0.387. The fraction of sp³-hybridized carbons (Fsp3) is 0.200. The molecule has 138 valence electrons. The summed E-state index contributed by atoms with van der Waals surface area (Å²) in [6.07, 6.45) is 0.560. The number of carbonyl (C=O) groups is 1. The van der Waals surface area contributed by atoms with Gasteiger partial charge in [0, 0.05) is 27.6 Å². The molecule has 3 aromatic rings. The van der Waals surface area contributed by atoms with Crippen LogP contribution in [0.15, 0.2) is 30.3 Å². The van der Waals surface area contributed by atoms with Gasteiger partial charge < -0.3 is 4.74 Å². The Bertz CT molecular complexity index is 1090. The van der Waals surface area contributed by atoms with Gasteiger partial charge in [0.05, 0.1) is 23.0 Å². The van der Waals surface area contributed by atoms with Crippen LogP contribution >= 0.6 is 34.8 Å². The van der Waals surface area contributed by atoms with Crippen molar-refractivity contribution in [3.8, 4) is 16.9 Å². The van der Waals surface area contributed by atoms with E-state index in [1.807, 2.05) is 19.1 Å². The molecule has 0 saturated carbocycles. The number of ether oxygens (including phenoxy) is 1. The van der Waals surface area contributed by atoms with Crippen LogP contribution in [0.1, 0.15) is 34.1 Å². The van der Waals surface area contributed by atoms with E-state index in [0.29, 0.717) is 32.9 Å². The molecule has 1 heterocycles. The molecule has 1 aliphatic carbocycles. The molecule has 4 rings (SSSR count). The molecule has 0 amide bonds. The van der Waals surface area contributed by atoms with Crippen LogP contribution in [0.2, 0.25) is 15.1 Å². The lowest BCUT2D eigenvalue weighted by atomic mass is 10.1. The van der Waals surface area contributed by atoms with Crippen LogP contribution < -0.4 is 0 Å². The normalized spacial score (nSPS) is 12.0. The number of carbonyl (C=O) groups excluding carboxylic acids is 1. The first kappa shape index (κ1) is 18.4. The van der Waals surface area contributed by atoms with Gasteiger partial charge in [0.15, 0.2) is 5.69 Å². The fourth-order valence-corrected chi connectivity index (χ4v) is 4.04. The number of halogens is 3. The second kappa shape index (κ2) is 6.86. The van der Waals surface area contributed by atoms with E-state index in [0.717, 1.165) is 27.9 Å². The molecule has 0 radical (unpaired) electrons. The third-order valence-electron chi connectivity index (χ3n) is 4.60. The summed E-state index contributed by atoms with van der Waals surface area (Å²) in [7, 11) is 0. The van der Waals surface area contributed by atoms with E-state index in [-0.39, 0.29) is 6.61 Å². The lowest BCUT2D eigenvalue weighted by Crippen LogP contribution is -2.09. The molecular weight excluding hydrogens is 407 g/mol. The van der Waals surface area contributed by atoms with Gasteiger partial charge >= 0.3 is 5.97 Å². The predicted octanol–water partition coefficient (Wildman–Crippen LogP) is 5.89. The summed E-state index contributed by atoms with van der Waals surface area (Å²) in [5.41, 5.74) is 5.57. The minimum atomic E-state index is -0.451. The smallest absolute Gasteiger partial charge is 0.359 e. The third-order valence-corrected chi connectivity index (χ3v) is 5.54. The van der Waals surface area contributed by atoms with E-state index in [9.17, 15) is 4.79 Å². The van der Waals surface area contributed by atoms with Gasteiger partial charge in [-0.2, -0.15) is 5.10 Å². The Morgan fingerprint density at radius 1 is 1.19 bits per heavy atom. The Labute approximate surface area is 171 Å². The molecule has 0 saturated heterocycles. The number of hydrogen-bond donors (Lipinski definition) is 0. The van der Waals surface area contributed by atoms with Crippen LogP contribution in [0, 0.1) is 6.92 Å². The van der Waals surface area contributed by atoms with E-state index < -0.39 is 5.97 Å². The zero-order chi connectivity index (χ0) is 19.3. The number of aryl methyl sites for hydroxylation is 1. The van der Waals surface area contributed by atoms with E-state index in [4.69, 9.17) is 39.5 Å². The van der Waals surface area contributed by atoms with Crippen molar-refractivity contribution in [2.24, 2.45) is 0 Å². The second-order valence-electron chi connectivity index (χ2n) is 6.34. The number of nitrogens with zero attached hydrogens (tertiary/aromatic N) is 2. The van der Waals surface area contributed by atoms with Crippen LogP contribution in [0.25, 0.3) is 16.9 Å². The highest BCUT2D eigenvalue weighted by Gasteiger charge is 2.32. The lowest BCUT2D eigenvalue weighted by molar-refractivity contribution is 0.0518. The standard InChI is InChI=1S/C20H15Cl3N2O2/c1-3-27-20(26)18-14-7-11-8-15(22)10(2)6-13(11)19(14)25(24-18)17-5-4-12(21)9-16(17)23/h4-6,8-9H,3,7H2,1-2H3. The van der Waals surface area contributed by atoms with Crippen molar-refractivity contribution < 1.29 is 9.53 Å². The zero-order valence-electron chi connectivity index (χ0n) is 14.6. The summed E-state index contributed by atoms with van der Waals surface area (Å²) in [4.78, 5) is 12.5. The summed E-state index contributed by atoms with van der Waals surface area (Å²) < 4.78 is 6.90. The molecule has 0 atom stereocenters. The monoisotopic (exact) mass is 420 g/mol. The van der Waals surface area contributed by atoms with Gasteiger partial charge in [-0.3, -0.25) is 0 Å². The van der Waals surface area contributed by atoms with Crippen LogP contribution in [0.4, 0.5) is 0 Å². The van der Waals surface area contributed by atoms with Gasteiger partial charge in [0.25, 0.3) is 0 Å². The molecule has 2 aromatic carbocycles. The van der Waals surface area contributed by atoms with Gasteiger partial charge in [-0.05, 0) is 55.3 Å². The fourth-order valence-electron chi connectivity index (χ4n) is 3.37. The molecule has 0 spiro atoms. The van der Waals surface area contributed by atoms with E-state index in [1.165, 1.54) is 0 Å². The Hall–Kier alpha value is -2.01. The molecule has 0 bridgehead atoms. The first-order valence-electron chi connectivity index (χ1n) is 8.44. The van der Waals surface area contributed by atoms with E-state index in [2.05, 4.69) is 5.10 Å². The number of esters is 1. The van der Waals surface area contributed by atoms with Crippen molar-refractivity contribution in [1.29, 1.82) is 0 Å². The highest BCUT2D eigenvalue weighted by atomic mass is 35.5. The summed E-state index contributed by atoms with van der Waals surface area (Å²) in [6, 6.07) is 9.13. The Morgan fingerprint density at radius 2 is 1.96 bits per heavy atom. The van der Waals surface area contributed by atoms with Crippen LogP contribution in [0.5, 0.6) is 0 Å². The SMILES string of the molecule is CCOC(=O)c1nn(-c2ccc(Cl)cc2Cl)c2c1Cc1cc(Cl)c(C)cc1-2. The molecule has 1 aliphatic rings. The van der Waals surface area contributed by atoms with Crippen molar-refractivity contribution >= 4 is 40.8 Å². The number of hydrogen-bond acceptors (Lipinski definition) is 3. The molecule has 7 heteroatoms. The summed E-state index contributed by atoms with van der Waals surface area (Å²) >= 11 is 18.8. The van der Waals surface area contributed by atoms with Crippen molar-refractivity contribution in [2.75, 3.05) is 6.61 Å². The average Bonchev–Trinajstić information content (AvgIpc) is 3.13. The highest BCUT2D eigenvalue weighted by molar-refractivity contribution is 6.35. The van der Waals surface area contributed by atoms with E-state index >= 15 is 0 Å². The molecule has 4 nitrogen and oxygen atoms in total. The number of aromatic nitrogens is 2. The summed E-state index contributed by atoms with van der Waals surface area (Å²) in [5.74, 6) is -0.451. The van der Waals surface area contributed by atoms with Crippen LogP contribution in [-0.2, 0) is 11.2 Å². The van der Waals surface area contributed by atoms with E-state index in [1.54, 1.807) is 29.8 Å². The molecule has 1 aromatic heterocycles. The molecular formula is C20H15Cl3N2O2. The van der Waals surface area contributed by atoms with Crippen LogP contribution in [-0.4, -0.2) is 22.4 Å². The zero-order valence-corrected chi connectivity index (χ0v) is 16.9. The molecule has 0 aliphatic heterocycles. The first-order valence-corrected chi connectivity index (χ1v) is 9.58. The first-order chi connectivity index (χ1) is 12.9. The third kappa shape index (κ3) is 3.02. The van der Waals surface area contributed by atoms with Gasteiger partial charge in [-0.25, -0.2) is 9.48 Å². The minimum Gasteiger partial charge on any atom is -0.461 e. The second-order valence-corrected chi connectivity index (χ2v) is 7.59. The maximum Gasteiger partial charge on any atom is 0.359 e. The largest absolute Gasteiger partial charge is 0.461 e. The predicted molar refractivity (Wildman–Crippen MR) is 108 cm³/mol.